The summed E-state index contributed by atoms with van der Waals surface area (Å²) in [7, 11) is 0. The van der Waals surface area contributed by atoms with Gasteiger partial charge in [-0.2, -0.15) is 0 Å². The van der Waals surface area contributed by atoms with Crippen LogP contribution in [0.4, 0.5) is 0 Å². The first-order valence-electron chi connectivity index (χ1n) is 5.35. The third-order valence-electron chi connectivity index (χ3n) is 2.73. The van der Waals surface area contributed by atoms with Crippen LogP contribution in [0.5, 0.6) is 0 Å². The van der Waals surface area contributed by atoms with Gasteiger partial charge in [0.15, 0.2) is 6.29 Å². The largest absolute Gasteiger partial charge is 0.412 e. The Morgan fingerprint density at radius 3 is 3.00 bits per heavy atom. The van der Waals surface area contributed by atoms with Crippen molar-refractivity contribution in [2.75, 3.05) is 0 Å². The first kappa shape index (κ1) is 10.9. The Kier molecular flexibility index (Phi) is 2.56. The van der Waals surface area contributed by atoms with Crippen LogP contribution >= 0.6 is 12.2 Å². The second kappa shape index (κ2) is 4.23. The summed E-state index contributed by atoms with van der Waals surface area (Å²) in [5.74, 6) is 0.484. The molecular weight excluding hydrogens is 250 g/mol. The van der Waals surface area contributed by atoms with E-state index < -0.39 is 0 Å². The van der Waals surface area contributed by atoms with Gasteiger partial charge in [0.2, 0.25) is 5.89 Å². The summed E-state index contributed by atoms with van der Waals surface area (Å²) in [6.45, 7) is 0.432. The molecule has 0 bridgehead atoms. The number of para-hydroxylation sites is 1. The fraction of sp³-hybridized carbons (Fsp3) is 0.0833. The van der Waals surface area contributed by atoms with E-state index in [1.165, 1.54) is 0 Å². The summed E-state index contributed by atoms with van der Waals surface area (Å²) < 4.78 is 7.13. The maximum absolute atomic E-state index is 11.0. The Morgan fingerprint density at radius 2 is 2.28 bits per heavy atom. The fourth-order valence-corrected chi connectivity index (χ4v) is 2.12. The van der Waals surface area contributed by atoms with Gasteiger partial charge in [0.25, 0.3) is 4.84 Å². The minimum atomic E-state index is 0.247. The molecular formula is C12H9N3O2S. The highest BCUT2D eigenvalue weighted by atomic mass is 32.1. The number of carbonyl (C=O) groups is 1. The van der Waals surface area contributed by atoms with Gasteiger partial charge in [0.05, 0.1) is 0 Å². The standard InChI is InChI=1S/C12H9N3O2S/c16-7-8-5-15(6-11-13-14-12(18)17-11)10-4-2-1-3-9(8)10/h1-5,7H,6H2,(H,14,18). The molecule has 0 aliphatic carbocycles. The first-order valence-corrected chi connectivity index (χ1v) is 5.76. The Labute approximate surface area is 107 Å². The van der Waals surface area contributed by atoms with Crippen LogP contribution in [0, 0.1) is 4.84 Å². The Hall–Kier alpha value is -2.21. The van der Waals surface area contributed by atoms with Gasteiger partial charge in [-0.3, -0.25) is 4.79 Å². The molecule has 0 aliphatic rings. The molecule has 3 aromatic rings. The maximum atomic E-state index is 11.0. The number of aldehydes is 1. The van der Waals surface area contributed by atoms with Crippen LogP contribution in [0.25, 0.3) is 10.9 Å². The molecule has 0 unspecified atom stereocenters. The zero-order valence-electron chi connectivity index (χ0n) is 9.29. The predicted octanol–water partition coefficient (Wildman–Crippen LogP) is 2.55. The molecule has 1 aromatic carbocycles. The zero-order chi connectivity index (χ0) is 12.5. The highest BCUT2D eigenvalue weighted by Crippen LogP contribution is 2.20. The number of hydrogen-bond acceptors (Lipinski definition) is 4. The molecule has 0 saturated heterocycles. The quantitative estimate of drug-likeness (QED) is 0.580. The van der Waals surface area contributed by atoms with Crippen LogP contribution in [0.3, 0.4) is 0 Å². The second-order valence-corrected chi connectivity index (χ2v) is 4.22. The first-order chi connectivity index (χ1) is 8.78. The number of aromatic amines is 1. The third-order valence-corrected chi connectivity index (χ3v) is 2.91. The van der Waals surface area contributed by atoms with Crippen LogP contribution in [-0.2, 0) is 6.54 Å². The molecule has 0 saturated carbocycles. The average Bonchev–Trinajstić information content (AvgIpc) is 2.95. The van der Waals surface area contributed by atoms with Crippen LogP contribution in [0.1, 0.15) is 16.2 Å². The molecule has 0 amide bonds. The zero-order valence-corrected chi connectivity index (χ0v) is 10.1. The van der Waals surface area contributed by atoms with Crippen molar-refractivity contribution in [3.05, 3.63) is 46.8 Å². The van der Waals surface area contributed by atoms with Gasteiger partial charge < -0.3 is 8.98 Å². The highest BCUT2D eigenvalue weighted by Gasteiger charge is 2.09. The molecule has 1 N–H and O–H groups in total. The molecule has 0 spiro atoms. The van der Waals surface area contributed by atoms with E-state index in [1.54, 1.807) is 6.20 Å². The van der Waals surface area contributed by atoms with Gasteiger partial charge in [-0.15, -0.1) is 5.10 Å². The molecule has 2 heterocycles. The van der Waals surface area contributed by atoms with E-state index in [4.69, 9.17) is 16.6 Å². The molecule has 5 nitrogen and oxygen atoms in total. The smallest absolute Gasteiger partial charge is 0.284 e. The molecule has 3 rings (SSSR count). The number of rotatable bonds is 3. The third kappa shape index (κ3) is 1.76. The summed E-state index contributed by atoms with van der Waals surface area (Å²) >= 11 is 4.82. The van der Waals surface area contributed by atoms with E-state index in [2.05, 4.69) is 10.2 Å². The second-order valence-electron chi connectivity index (χ2n) is 3.85. The average molecular weight is 259 g/mol. The van der Waals surface area contributed by atoms with Crippen molar-refractivity contribution in [3.63, 3.8) is 0 Å². The number of fused-ring (bicyclic) bond motifs is 1. The summed E-state index contributed by atoms with van der Waals surface area (Å²) in [6.07, 6.45) is 2.63. The normalized spacial score (nSPS) is 10.9. The SMILES string of the molecule is O=Cc1cn(Cc2n[nH]c(=S)o2)c2ccccc12. The number of nitrogens with one attached hydrogen (secondary N) is 1. The van der Waals surface area contributed by atoms with Gasteiger partial charge >= 0.3 is 0 Å². The van der Waals surface area contributed by atoms with Crippen LogP contribution in [-0.4, -0.2) is 21.1 Å². The lowest BCUT2D eigenvalue weighted by Crippen LogP contribution is -1.98. The molecule has 2 aromatic heterocycles. The molecule has 0 radical (unpaired) electrons. The van der Waals surface area contributed by atoms with Crippen molar-refractivity contribution in [2.45, 2.75) is 6.54 Å². The predicted molar refractivity (Wildman–Crippen MR) is 68.1 cm³/mol. The van der Waals surface area contributed by atoms with Crippen LogP contribution in [0.15, 0.2) is 34.9 Å². The van der Waals surface area contributed by atoms with Gasteiger partial charge in [-0.1, -0.05) is 18.2 Å². The Bertz CT molecular complexity index is 769. The number of hydrogen-bond donors (Lipinski definition) is 1. The van der Waals surface area contributed by atoms with Crippen molar-refractivity contribution in [3.8, 4) is 0 Å². The summed E-state index contributed by atoms with van der Waals surface area (Å²) in [5, 5.41) is 7.44. The number of benzene rings is 1. The van der Waals surface area contributed by atoms with Crippen molar-refractivity contribution >= 4 is 29.4 Å². The highest BCUT2D eigenvalue weighted by molar-refractivity contribution is 7.71. The van der Waals surface area contributed by atoms with E-state index in [1.807, 2.05) is 28.8 Å². The monoisotopic (exact) mass is 259 g/mol. The molecule has 6 heteroatoms. The Morgan fingerprint density at radius 1 is 1.44 bits per heavy atom. The lowest BCUT2D eigenvalue weighted by molar-refractivity contribution is 0.112. The molecule has 0 atom stereocenters. The van der Waals surface area contributed by atoms with Gasteiger partial charge in [-0.25, -0.2) is 5.10 Å². The number of H-pyrrole nitrogens is 1. The van der Waals surface area contributed by atoms with Gasteiger partial charge in [0.1, 0.15) is 6.54 Å². The van der Waals surface area contributed by atoms with E-state index >= 15 is 0 Å². The lowest BCUT2D eigenvalue weighted by Gasteiger charge is -2.00. The van der Waals surface area contributed by atoms with Crippen molar-refractivity contribution < 1.29 is 9.21 Å². The molecule has 0 aliphatic heterocycles. The van der Waals surface area contributed by atoms with Crippen molar-refractivity contribution in [1.82, 2.24) is 14.8 Å². The number of carbonyl (C=O) groups excluding carboxylic acids is 1. The van der Waals surface area contributed by atoms with E-state index in [0.717, 1.165) is 17.2 Å². The number of nitrogens with zero attached hydrogens (tertiary/aromatic N) is 2. The van der Waals surface area contributed by atoms with Gasteiger partial charge in [-0.05, 0) is 18.3 Å². The van der Waals surface area contributed by atoms with Crippen molar-refractivity contribution in [2.24, 2.45) is 0 Å². The minimum absolute atomic E-state index is 0.247. The van der Waals surface area contributed by atoms with Gasteiger partial charge in [0, 0.05) is 22.7 Å². The Balaban J connectivity index is 2.11. The molecule has 18 heavy (non-hydrogen) atoms. The van der Waals surface area contributed by atoms with Crippen molar-refractivity contribution in [1.29, 1.82) is 0 Å². The van der Waals surface area contributed by atoms with E-state index in [0.29, 0.717) is 18.0 Å². The topological polar surface area (TPSA) is 63.8 Å². The summed E-state index contributed by atoms with van der Waals surface area (Å²) in [4.78, 5) is 11.3. The van der Waals surface area contributed by atoms with E-state index in [9.17, 15) is 4.79 Å². The summed E-state index contributed by atoms with van der Waals surface area (Å²) in [6, 6.07) is 7.69. The molecule has 90 valence electrons. The maximum Gasteiger partial charge on any atom is 0.284 e. The number of aromatic nitrogens is 3. The minimum Gasteiger partial charge on any atom is -0.412 e. The van der Waals surface area contributed by atoms with Crippen LogP contribution in [0.2, 0.25) is 0 Å². The summed E-state index contributed by atoms with van der Waals surface area (Å²) in [5.41, 5.74) is 1.61. The fourth-order valence-electron chi connectivity index (χ4n) is 1.97. The van der Waals surface area contributed by atoms with E-state index in [-0.39, 0.29) is 4.84 Å². The lowest BCUT2D eigenvalue weighted by atomic mass is 10.2. The van der Waals surface area contributed by atoms with Crippen LogP contribution < -0.4 is 0 Å². The molecule has 0 fully saturated rings.